The van der Waals surface area contributed by atoms with Crippen LogP contribution in [0, 0.1) is 17.5 Å². The molecule has 204 valence electrons. The van der Waals surface area contributed by atoms with Crippen molar-refractivity contribution in [1.82, 2.24) is 9.97 Å². The fraction of sp³-hybridized carbons (Fsp3) is 0.345. The van der Waals surface area contributed by atoms with Crippen molar-refractivity contribution < 1.29 is 27.8 Å². The standard InChI is InChI=1S/C29H29F3N4O3/c1-16-10-17(12-19(33)11-16)20-4-7-34-15-25(20)36-28(37)24-3-2-21(30)27(35-24)26-22(31)13-18(14-23(26)32)29(38)5-8-39-9-6-29/h2-4,7,11,13-15,17,19,38H,5-6,8-10,12,33H2,1H3,(H,36,37)/t17-,19+/m1/s1. The van der Waals surface area contributed by atoms with Gasteiger partial charge in [0.25, 0.3) is 5.91 Å². The first kappa shape index (κ1) is 27.0. The molecule has 0 saturated carbocycles. The van der Waals surface area contributed by atoms with Crippen LogP contribution < -0.4 is 11.1 Å². The Morgan fingerprint density at radius 1 is 1.13 bits per heavy atom. The highest BCUT2D eigenvalue weighted by atomic mass is 19.1. The monoisotopic (exact) mass is 538 g/mol. The zero-order valence-corrected chi connectivity index (χ0v) is 21.4. The van der Waals surface area contributed by atoms with Gasteiger partial charge < -0.3 is 20.9 Å². The van der Waals surface area contributed by atoms with Gasteiger partial charge in [0.15, 0.2) is 0 Å². The van der Waals surface area contributed by atoms with Crippen molar-refractivity contribution in [2.45, 2.75) is 50.2 Å². The number of aromatic nitrogens is 2. The van der Waals surface area contributed by atoms with E-state index in [4.69, 9.17) is 10.5 Å². The van der Waals surface area contributed by atoms with Crippen molar-refractivity contribution in [2.24, 2.45) is 5.73 Å². The molecule has 3 aromatic rings. The fourth-order valence-corrected chi connectivity index (χ4v) is 5.40. The second-order valence-corrected chi connectivity index (χ2v) is 10.2. The zero-order valence-electron chi connectivity index (χ0n) is 21.4. The molecule has 3 heterocycles. The van der Waals surface area contributed by atoms with Gasteiger partial charge in [-0.25, -0.2) is 18.2 Å². The van der Waals surface area contributed by atoms with E-state index >= 15 is 8.78 Å². The molecule has 4 N–H and O–H groups in total. The average molecular weight is 539 g/mol. The third-order valence-electron chi connectivity index (χ3n) is 7.38. The molecule has 5 rings (SSSR count). The van der Waals surface area contributed by atoms with Gasteiger partial charge in [0.05, 0.1) is 23.0 Å². The first-order chi connectivity index (χ1) is 18.6. The summed E-state index contributed by atoms with van der Waals surface area (Å²) in [6.45, 7) is 2.50. The molecule has 2 atom stereocenters. The van der Waals surface area contributed by atoms with Crippen LogP contribution >= 0.6 is 0 Å². The highest BCUT2D eigenvalue weighted by Crippen LogP contribution is 2.37. The van der Waals surface area contributed by atoms with Crippen LogP contribution in [0.25, 0.3) is 11.3 Å². The lowest BCUT2D eigenvalue weighted by Gasteiger charge is -2.32. The van der Waals surface area contributed by atoms with Gasteiger partial charge in [-0.1, -0.05) is 11.6 Å². The minimum atomic E-state index is -1.45. The molecule has 1 fully saturated rings. The van der Waals surface area contributed by atoms with Gasteiger partial charge in [-0.2, -0.15) is 0 Å². The average Bonchev–Trinajstić information content (AvgIpc) is 2.89. The lowest BCUT2D eigenvalue weighted by atomic mass is 9.82. The summed E-state index contributed by atoms with van der Waals surface area (Å²) < 4.78 is 50.4. The minimum Gasteiger partial charge on any atom is -0.385 e. The smallest absolute Gasteiger partial charge is 0.274 e. The van der Waals surface area contributed by atoms with Crippen LogP contribution in [0.4, 0.5) is 18.9 Å². The number of carbonyl (C=O) groups is 1. The Kier molecular flexibility index (Phi) is 7.53. The van der Waals surface area contributed by atoms with Gasteiger partial charge in [-0.15, -0.1) is 0 Å². The Morgan fingerprint density at radius 3 is 2.54 bits per heavy atom. The summed E-state index contributed by atoms with van der Waals surface area (Å²) in [7, 11) is 0. The SMILES string of the molecule is CC1=C[C@H](N)C[C@H](c2ccncc2NC(=O)c2ccc(F)c(-c3c(F)cc(C4(O)CCOCC4)cc3F)n2)C1. The highest BCUT2D eigenvalue weighted by Gasteiger charge is 2.34. The van der Waals surface area contributed by atoms with Crippen molar-refractivity contribution in [3.63, 3.8) is 0 Å². The first-order valence-electron chi connectivity index (χ1n) is 12.8. The molecule has 0 bridgehead atoms. The molecule has 39 heavy (non-hydrogen) atoms. The van der Waals surface area contributed by atoms with Crippen LogP contribution in [0.2, 0.25) is 0 Å². The van der Waals surface area contributed by atoms with E-state index in [2.05, 4.69) is 15.3 Å². The van der Waals surface area contributed by atoms with Gasteiger partial charge in [0.1, 0.15) is 28.8 Å². The summed E-state index contributed by atoms with van der Waals surface area (Å²) in [4.78, 5) is 21.3. The number of allylic oxidation sites excluding steroid dienone is 1. The van der Waals surface area contributed by atoms with Gasteiger partial charge >= 0.3 is 0 Å². The number of benzene rings is 1. The number of ether oxygens (including phenoxy) is 1. The van der Waals surface area contributed by atoms with Crippen molar-refractivity contribution in [2.75, 3.05) is 18.5 Å². The molecular formula is C29H29F3N4O3. The lowest BCUT2D eigenvalue weighted by molar-refractivity contribution is -0.0682. The van der Waals surface area contributed by atoms with Crippen LogP contribution in [0.3, 0.4) is 0 Å². The number of amides is 1. The number of halogens is 3. The second kappa shape index (κ2) is 10.9. The van der Waals surface area contributed by atoms with E-state index in [1.807, 2.05) is 19.1 Å². The largest absolute Gasteiger partial charge is 0.385 e. The van der Waals surface area contributed by atoms with E-state index < -0.39 is 40.2 Å². The van der Waals surface area contributed by atoms with Gasteiger partial charge in [-0.3, -0.25) is 9.78 Å². The molecular weight excluding hydrogens is 509 g/mol. The number of anilines is 1. The van der Waals surface area contributed by atoms with E-state index in [1.165, 1.54) is 6.20 Å². The van der Waals surface area contributed by atoms with Crippen molar-refractivity contribution in [3.05, 3.63) is 88.6 Å². The lowest BCUT2D eigenvalue weighted by Crippen LogP contribution is -2.33. The first-order valence-corrected chi connectivity index (χ1v) is 12.8. The maximum atomic E-state index is 15.2. The Balaban J connectivity index is 1.44. The van der Waals surface area contributed by atoms with Crippen LogP contribution in [0.1, 0.15) is 60.1 Å². The van der Waals surface area contributed by atoms with E-state index in [0.717, 1.165) is 41.8 Å². The Hall–Kier alpha value is -3.60. The summed E-state index contributed by atoms with van der Waals surface area (Å²) in [5, 5.41) is 13.6. The quantitative estimate of drug-likeness (QED) is 0.396. The number of rotatable bonds is 5. The molecule has 0 spiro atoms. The highest BCUT2D eigenvalue weighted by molar-refractivity contribution is 6.03. The fourth-order valence-electron chi connectivity index (χ4n) is 5.40. The van der Waals surface area contributed by atoms with Crippen molar-refractivity contribution in [1.29, 1.82) is 0 Å². The topological polar surface area (TPSA) is 110 Å². The number of nitrogens with one attached hydrogen (secondary N) is 1. The second-order valence-electron chi connectivity index (χ2n) is 10.2. The predicted molar refractivity (Wildman–Crippen MR) is 139 cm³/mol. The number of aliphatic hydroxyl groups is 1. The molecule has 7 nitrogen and oxygen atoms in total. The molecule has 0 radical (unpaired) electrons. The molecule has 1 aliphatic heterocycles. The number of hydrogen-bond acceptors (Lipinski definition) is 6. The van der Waals surface area contributed by atoms with Crippen LogP contribution in [0.5, 0.6) is 0 Å². The molecule has 1 amide bonds. The van der Waals surface area contributed by atoms with Crippen LogP contribution in [-0.4, -0.2) is 40.2 Å². The summed E-state index contributed by atoms with van der Waals surface area (Å²) in [6.07, 6.45) is 6.98. The van der Waals surface area contributed by atoms with E-state index in [1.54, 1.807) is 6.20 Å². The van der Waals surface area contributed by atoms with Crippen LogP contribution in [-0.2, 0) is 10.3 Å². The Labute approximate surface area is 223 Å². The summed E-state index contributed by atoms with van der Waals surface area (Å²) in [5.74, 6) is -3.82. The maximum absolute atomic E-state index is 15.2. The Morgan fingerprint density at radius 2 is 1.85 bits per heavy atom. The molecule has 1 aliphatic carbocycles. The molecule has 1 saturated heterocycles. The number of hydrogen-bond donors (Lipinski definition) is 3. The van der Waals surface area contributed by atoms with Gasteiger partial charge in [-0.05, 0) is 67.1 Å². The number of nitrogens with two attached hydrogens (primary N) is 1. The van der Waals surface area contributed by atoms with E-state index in [9.17, 15) is 14.3 Å². The third kappa shape index (κ3) is 5.59. The molecule has 2 aromatic heterocycles. The maximum Gasteiger partial charge on any atom is 0.274 e. The van der Waals surface area contributed by atoms with Gasteiger partial charge in [0, 0.05) is 38.3 Å². The van der Waals surface area contributed by atoms with E-state index in [-0.39, 0.29) is 49.3 Å². The number of pyridine rings is 2. The molecule has 1 aromatic carbocycles. The van der Waals surface area contributed by atoms with Crippen molar-refractivity contribution >= 4 is 11.6 Å². The minimum absolute atomic E-state index is 0.0375. The summed E-state index contributed by atoms with van der Waals surface area (Å²) in [6, 6.07) is 5.74. The summed E-state index contributed by atoms with van der Waals surface area (Å²) >= 11 is 0. The summed E-state index contributed by atoms with van der Waals surface area (Å²) in [5.41, 5.74) is 5.60. The molecule has 2 aliphatic rings. The third-order valence-corrected chi connectivity index (χ3v) is 7.38. The van der Waals surface area contributed by atoms with Crippen LogP contribution in [0.15, 0.2) is 54.4 Å². The zero-order chi connectivity index (χ0) is 27.7. The predicted octanol–water partition coefficient (Wildman–Crippen LogP) is 4.96. The number of nitrogens with zero attached hydrogens (tertiary/aromatic N) is 2. The van der Waals surface area contributed by atoms with Crippen molar-refractivity contribution in [3.8, 4) is 11.3 Å². The Bertz CT molecular complexity index is 1420. The van der Waals surface area contributed by atoms with E-state index in [0.29, 0.717) is 12.1 Å². The normalized spacial score (nSPS) is 20.8. The van der Waals surface area contributed by atoms with Gasteiger partial charge in [0.2, 0.25) is 0 Å². The number of carbonyl (C=O) groups excluding carboxylic acids is 1. The molecule has 10 heteroatoms. The molecule has 0 unspecified atom stereocenters.